The van der Waals surface area contributed by atoms with E-state index in [0.29, 0.717) is 17.5 Å². The first kappa shape index (κ1) is 12.8. The number of rotatable bonds is 2. The third kappa shape index (κ3) is 2.01. The molecule has 2 saturated heterocycles. The Labute approximate surface area is 122 Å². The zero-order chi connectivity index (χ0) is 13.6. The van der Waals surface area contributed by atoms with Gasteiger partial charge in [0.2, 0.25) is 0 Å². The van der Waals surface area contributed by atoms with Crippen molar-refractivity contribution < 1.29 is 0 Å². The van der Waals surface area contributed by atoms with Crippen molar-refractivity contribution in [2.75, 3.05) is 0 Å². The van der Waals surface area contributed by atoms with Crippen LogP contribution in [0.15, 0.2) is 30.3 Å². The number of hydrogen-bond acceptors (Lipinski definition) is 2. The zero-order valence-electron chi connectivity index (χ0n) is 12.4. The van der Waals surface area contributed by atoms with Gasteiger partial charge in [-0.3, -0.25) is 0 Å². The van der Waals surface area contributed by atoms with Crippen LogP contribution in [0, 0.1) is 5.41 Å². The molecule has 2 heterocycles. The fourth-order valence-electron chi connectivity index (χ4n) is 4.92. The molecule has 0 radical (unpaired) electrons. The molecule has 20 heavy (non-hydrogen) atoms. The molecule has 1 aliphatic carbocycles. The molecule has 0 amide bonds. The molecule has 108 valence electrons. The molecule has 2 N–H and O–H groups in total. The molecule has 2 nitrogen and oxygen atoms in total. The van der Waals surface area contributed by atoms with E-state index in [1.807, 2.05) is 0 Å². The normalized spacial score (nSPS) is 43.2. The van der Waals surface area contributed by atoms with Gasteiger partial charge in [-0.15, -0.1) is 0 Å². The molecule has 0 unspecified atom stereocenters. The molecule has 0 spiro atoms. The Morgan fingerprint density at radius 1 is 1.05 bits per heavy atom. The summed E-state index contributed by atoms with van der Waals surface area (Å²) in [5, 5.41) is 7.99. The minimum Gasteiger partial charge on any atom is -0.309 e. The molecule has 1 aromatic rings. The summed E-state index contributed by atoms with van der Waals surface area (Å²) in [6.45, 7) is 2.52. The summed E-state index contributed by atoms with van der Waals surface area (Å²) in [4.78, 5) is 0. The summed E-state index contributed by atoms with van der Waals surface area (Å²) in [6.07, 6.45) is 8.08. The van der Waals surface area contributed by atoms with Crippen LogP contribution in [0.1, 0.15) is 44.6 Å². The van der Waals surface area contributed by atoms with Crippen molar-refractivity contribution in [2.24, 2.45) is 5.41 Å². The van der Waals surface area contributed by atoms with Crippen molar-refractivity contribution in [1.29, 1.82) is 0 Å². The molecule has 3 aliphatic rings. The third-order valence-corrected chi connectivity index (χ3v) is 6.10. The Kier molecular flexibility index (Phi) is 3.12. The van der Waals surface area contributed by atoms with Gasteiger partial charge in [-0.2, -0.15) is 0 Å². The maximum atomic E-state index is 4.01. The number of hydrogen-bond donors (Lipinski definition) is 2. The molecule has 2 heteroatoms. The van der Waals surface area contributed by atoms with Gasteiger partial charge in [-0.1, -0.05) is 50.1 Å². The summed E-state index contributed by atoms with van der Waals surface area (Å²) in [5.41, 5.74) is 1.96. The van der Waals surface area contributed by atoms with Gasteiger partial charge < -0.3 is 10.6 Å². The predicted molar refractivity (Wildman–Crippen MR) is 82.8 cm³/mol. The Bertz CT molecular complexity index is 472. The van der Waals surface area contributed by atoms with E-state index in [2.05, 4.69) is 47.9 Å². The number of fused-ring (bicyclic) bond motifs is 1. The van der Waals surface area contributed by atoms with E-state index in [1.165, 1.54) is 37.7 Å². The van der Waals surface area contributed by atoms with Crippen LogP contribution in [0.25, 0.3) is 0 Å². The maximum absolute atomic E-state index is 4.01. The van der Waals surface area contributed by atoms with Gasteiger partial charge >= 0.3 is 0 Å². The van der Waals surface area contributed by atoms with Gasteiger partial charge in [0.1, 0.15) is 0 Å². The van der Waals surface area contributed by atoms with Gasteiger partial charge in [0, 0.05) is 24.2 Å². The van der Waals surface area contributed by atoms with E-state index in [4.69, 9.17) is 0 Å². The van der Waals surface area contributed by atoms with E-state index >= 15 is 0 Å². The van der Waals surface area contributed by atoms with Crippen LogP contribution in [0.2, 0.25) is 0 Å². The number of benzene rings is 1. The fraction of sp³-hybridized carbons (Fsp3) is 0.667. The van der Waals surface area contributed by atoms with Crippen molar-refractivity contribution in [3.63, 3.8) is 0 Å². The van der Waals surface area contributed by atoms with E-state index < -0.39 is 0 Å². The molecule has 0 aromatic heterocycles. The lowest BCUT2D eigenvalue weighted by Gasteiger charge is -2.43. The Morgan fingerprint density at radius 2 is 1.75 bits per heavy atom. The lowest BCUT2D eigenvalue weighted by molar-refractivity contribution is 0.144. The Hall–Kier alpha value is -0.860. The third-order valence-electron chi connectivity index (χ3n) is 6.10. The molecule has 5 atom stereocenters. The molecular weight excluding hydrogens is 244 g/mol. The van der Waals surface area contributed by atoms with Crippen LogP contribution in [0.4, 0.5) is 0 Å². The molecule has 2 bridgehead atoms. The van der Waals surface area contributed by atoms with Crippen molar-refractivity contribution in [3.05, 3.63) is 35.9 Å². The first-order valence-corrected chi connectivity index (χ1v) is 8.32. The molecule has 1 saturated carbocycles. The molecule has 2 aliphatic heterocycles. The number of piperidine rings is 1. The quantitative estimate of drug-likeness (QED) is 0.863. The van der Waals surface area contributed by atoms with Crippen molar-refractivity contribution in [2.45, 2.75) is 69.6 Å². The average Bonchev–Trinajstić information content (AvgIpc) is 2.67. The van der Waals surface area contributed by atoms with Crippen molar-refractivity contribution >= 4 is 0 Å². The van der Waals surface area contributed by atoms with E-state index in [1.54, 1.807) is 0 Å². The highest BCUT2D eigenvalue weighted by Crippen LogP contribution is 2.47. The second-order valence-corrected chi connectivity index (χ2v) is 7.34. The van der Waals surface area contributed by atoms with Gasteiger partial charge in [0.25, 0.3) is 0 Å². The highest BCUT2D eigenvalue weighted by atomic mass is 15.2. The SMILES string of the molecule is C[C@@]12C[C@H]3N[C@H]1CCCC[C@H]2N[C@@H]3Cc1ccccc1. The van der Waals surface area contributed by atoms with Crippen LogP contribution in [-0.2, 0) is 6.42 Å². The van der Waals surface area contributed by atoms with Crippen LogP contribution < -0.4 is 10.6 Å². The Morgan fingerprint density at radius 3 is 2.50 bits per heavy atom. The zero-order valence-corrected chi connectivity index (χ0v) is 12.4. The van der Waals surface area contributed by atoms with E-state index in [0.717, 1.165) is 18.5 Å². The lowest BCUT2D eigenvalue weighted by atomic mass is 9.70. The van der Waals surface area contributed by atoms with Gasteiger partial charge in [-0.05, 0) is 36.7 Å². The molecule has 3 fully saturated rings. The maximum Gasteiger partial charge on any atom is 0.0264 e. The number of nitrogens with one attached hydrogen (secondary N) is 2. The monoisotopic (exact) mass is 270 g/mol. The van der Waals surface area contributed by atoms with E-state index in [-0.39, 0.29) is 0 Å². The molecule has 4 rings (SSSR count). The van der Waals surface area contributed by atoms with Gasteiger partial charge in [-0.25, -0.2) is 0 Å². The predicted octanol–water partition coefficient (Wildman–Crippen LogP) is 2.88. The average molecular weight is 270 g/mol. The van der Waals surface area contributed by atoms with Crippen molar-refractivity contribution in [1.82, 2.24) is 10.6 Å². The summed E-state index contributed by atoms with van der Waals surface area (Å²) in [6, 6.07) is 13.7. The largest absolute Gasteiger partial charge is 0.309 e. The van der Waals surface area contributed by atoms with Crippen LogP contribution in [-0.4, -0.2) is 24.2 Å². The summed E-state index contributed by atoms with van der Waals surface area (Å²) in [5.74, 6) is 0. The first-order valence-electron chi connectivity index (χ1n) is 8.32. The standard InChI is InChI=1S/C18H26N2/c1-18-12-15-14(11-13-7-3-2-4-8-13)19-16(18)9-5-6-10-17(18)20-15/h2-4,7-8,14-17,19-20H,5-6,9-12H2,1H3/t14-,15-,16-,17+,18+/m1/s1. The second-order valence-electron chi connectivity index (χ2n) is 7.34. The van der Waals surface area contributed by atoms with Gasteiger partial charge in [0.05, 0.1) is 0 Å². The smallest absolute Gasteiger partial charge is 0.0264 e. The Balaban J connectivity index is 1.56. The summed E-state index contributed by atoms with van der Waals surface area (Å²) in [7, 11) is 0. The molecular formula is C18H26N2. The highest BCUT2D eigenvalue weighted by molar-refractivity contribution is 5.20. The lowest BCUT2D eigenvalue weighted by Crippen LogP contribution is -2.57. The van der Waals surface area contributed by atoms with Crippen molar-refractivity contribution in [3.8, 4) is 0 Å². The van der Waals surface area contributed by atoms with Crippen LogP contribution in [0.3, 0.4) is 0 Å². The minimum atomic E-state index is 0.494. The fourth-order valence-corrected chi connectivity index (χ4v) is 4.92. The second kappa shape index (κ2) is 4.85. The summed E-state index contributed by atoms with van der Waals surface area (Å²) < 4.78 is 0. The first-order chi connectivity index (χ1) is 9.75. The highest BCUT2D eigenvalue weighted by Gasteiger charge is 2.54. The summed E-state index contributed by atoms with van der Waals surface area (Å²) >= 11 is 0. The minimum absolute atomic E-state index is 0.494. The van der Waals surface area contributed by atoms with Crippen LogP contribution in [0.5, 0.6) is 0 Å². The van der Waals surface area contributed by atoms with Crippen LogP contribution >= 0.6 is 0 Å². The molecule has 1 aromatic carbocycles. The van der Waals surface area contributed by atoms with E-state index in [9.17, 15) is 0 Å². The topological polar surface area (TPSA) is 24.1 Å². The van der Waals surface area contributed by atoms with Gasteiger partial charge in [0.15, 0.2) is 0 Å².